The molecule has 0 amide bonds. The smallest absolute Gasteiger partial charge is 0.462 e. The Kier molecular flexibility index (Phi) is 28.1. The number of allylic oxidation sites excluding steroid dienone is 2. The predicted molar refractivity (Wildman–Crippen MR) is 183 cm³/mol. The van der Waals surface area contributed by atoms with Gasteiger partial charge in [0.2, 0.25) is 0 Å². The van der Waals surface area contributed by atoms with Crippen LogP contribution in [-0.4, -0.2) is 74.9 Å². The highest BCUT2D eigenvalue weighted by atomic mass is 31.2. The Morgan fingerprint density at radius 3 is 1.67 bits per heavy atom. The van der Waals surface area contributed by atoms with Gasteiger partial charge in [-0.2, -0.15) is 0 Å². The average molecular weight is 663 g/mol. The fraction of sp³-hybridized carbons (Fsp3) is 0.886. The SMILES string of the molecule is CCCCCCCC/C=C/CCCCCC(=O)OC[C@@H](COP(=O)(O)OCC[N+](C)(C)C)OC(=O)CCCCCCCCCC. The normalized spacial score (nSPS) is 14.0. The number of carbonyl (C=O) groups is 2. The maximum atomic E-state index is 12.5. The third-order valence-electron chi connectivity index (χ3n) is 7.55. The van der Waals surface area contributed by atoms with Gasteiger partial charge in [-0.3, -0.25) is 18.6 Å². The molecular formula is C35H69NO8P+. The number of hydrogen-bond acceptors (Lipinski definition) is 7. The van der Waals surface area contributed by atoms with Gasteiger partial charge in [0.1, 0.15) is 19.8 Å². The molecule has 0 aromatic rings. The summed E-state index contributed by atoms with van der Waals surface area (Å²) in [5.74, 6) is -0.821. The maximum Gasteiger partial charge on any atom is 0.472 e. The molecule has 0 aliphatic carbocycles. The minimum Gasteiger partial charge on any atom is -0.462 e. The maximum absolute atomic E-state index is 12.5. The molecule has 0 radical (unpaired) electrons. The van der Waals surface area contributed by atoms with E-state index in [2.05, 4.69) is 26.0 Å². The molecule has 0 bridgehead atoms. The fourth-order valence-electron chi connectivity index (χ4n) is 4.65. The number of likely N-dealkylation sites (N-methyl/N-ethyl adjacent to an activating group) is 1. The zero-order valence-corrected chi connectivity index (χ0v) is 30.5. The second-order valence-corrected chi connectivity index (χ2v) is 14.7. The van der Waals surface area contributed by atoms with Crippen molar-refractivity contribution in [3.63, 3.8) is 0 Å². The Morgan fingerprint density at radius 2 is 1.13 bits per heavy atom. The first kappa shape index (κ1) is 43.8. The zero-order chi connectivity index (χ0) is 33.7. The monoisotopic (exact) mass is 662 g/mol. The van der Waals surface area contributed by atoms with E-state index in [1.807, 2.05) is 21.1 Å². The van der Waals surface area contributed by atoms with Crippen molar-refractivity contribution in [3.8, 4) is 0 Å². The van der Waals surface area contributed by atoms with E-state index in [1.54, 1.807) is 0 Å². The topological polar surface area (TPSA) is 108 Å². The van der Waals surface area contributed by atoms with E-state index in [0.29, 0.717) is 17.4 Å². The van der Waals surface area contributed by atoms with E-state index in [9.17, 15) is 19.0 Å². The molecule has 2 atom stereocenters. The lowest BCUT2D eigenvalue weighted by Crippen LogP contribution is -2.37. The first-order valence-electron chi connectivity index (χ1n) is 17.9. The molecule has 266 valence electrons. The van der Waals surface area contributed by atoms with Crippen molar-refractivity contribution < 1.29 is 42.1 Å². The molecule has 0 rings (SSSR count). The lowest BCUT2D eigenvalue weighted by atomic mass is 10.1. The number of unbranched alkanes of at least 4 members (excludes halogenated alkanes) is 16. The molecule has 0 aromatic heterocycles. The molecule has 0 heterocycles. The molecule has 1 N–H and O–H groups in total. The van der Waals surface area contributed by atoms with E-state index in [0.717, 1.165) is 51.4 Å². The van der Waals surface area contributed by atoms with Crippen LogP contribution in [0.2, 0.25) is 0 Å². The Morgan fingerprint density at radius 1 is 0.667 bits per heavy atom. The summed E-state index contributed by atoms with van der Waals surface area (Å²) in [7, 11) is 1.47. The van der Waals surface area contributed by atoms with Gasteiger partial charge in [0.05, 0.1) is 27.7 Å². The number of quaternary nitrogens is 1. The van der Waals surface area contributed by atoms with E-state index in [4.69, 9.17) is 18.5 Å². The standard InChI is InChI=1S/C35H68NO8P/c1-6-8-10-12-14-16-17-18-19-20-22-23-25-27-34(37)41-31-33(32-43-45(39,40)42-30-29-36(3,4)5)44-35(38)28-26-24-21-15-13-11-9-7-2/h18-19,33H,6-17,20-32H2,1-5H3/p+1/b19-18+/t33-/m0/s1. The van der Waals surface area contributed by atoms with Crippen molar-refractivity contribution in [2.45, 2.75) is 155 Å². The van der Waals surface area contributed by atoms with Crippen LogP contribution >= 0.6 is 7.82 Å². The van der Waals surface area contributed by atoms with Gasteiger partial charge in [-0.1, -0.05) is 109 Å². The quantitative estimate of drug-likeness (QED) is 0.0250. The molecular weight excluding hydrogens is 593 g/mol. The molecule has 0 aliphatic rings. The molecule has 0 aromatic carbocycles. The van der Waals surface area contributed by atoms with Gasteiger partial charge in [0.25, 0.3) is 0 Å². The summed E-state index contributed by atoms with van der Waals surface area (Å²) in [6, 6.07) is 0. The third-order valence-corrected chi connectivity index (χ3v) is 8.53. The molecule has 0 spiro atoms. The summed E-state index contributed by atoms with van der Waals surface area (Å²) in [4.78, 5) is 34.9. The number of carbonyl (C=O) groups excluding carboxylic acids is 2. The molecule has 1 unspecified atom stereocenters. The van der Waals surface area contributed by atoms with E-state index < -0.39 is 26.5 Å². The highest BCUT2D eigenvalue weighted by Gasteiger charge is 2.27. The minimum absolute atomic E-state index is 0.0318. The first-order valence-corrected chi connectivity index (χ1v) is 19.4. The van der Waals surface area contributed by atoms with Crippen molar-refractivity contribution in [2.24, 2.45) is 0 Å². The zero-order valence-electron chi connectivity index (χ0n) is 29.6. The largest absolute Gasteiger partial charge is 0.472 e. The number of rotatable bonds is 32. The van der Waals surface area contributed by atoms with Gasteiger partial charge in [-0.05, 0) is 38.5 Å². The molecule has 0 aliphatic heterocycles. The number of ether oxygens (including phenoxy) is 2. The van der Waals surface area contributed by atoms with Crippen LogP contribution in [0.4, 0.5) is 0 Å². The van der Waals surface area contributed by atoms with Crippen LogP contribution in [-0.2, 0) is 32.7 Å². The second kappa shape index (κ2) is 28.9. The molecule has 0 saturated carbocycles. The fourth-order valence-corrected chi connectivity index (χ4v) is 5.39. The second-order valence-electron chi connectivity index (χ2n) is 13.3. The number of phosphoric acid groups is 1. The van der Waals surface area contributed by atoms with Crippen LogP contribution in [0.15, 0.2) is 12.2 Å². The minimum atomic E-state index is -4.36. The summed E-state index contributed by atoms with van der Waals surface area (Å²) < 4.78 is 34.0. The molecule has 9 nitrogen and oxygen atoms in total. The third kappa shape index (κ3) is 32.5. The summed E-state index contributed by atoms with van der Waals surface area (Å²) in [5.41, 5.74) is 0. The predicted octanol–water partition coefficient (Wildman–Crippen LogP) is 9.07. The van der Waals surface area contributed by atoms with Crippen LogP contribution in [0.1, 0.15) is 149 Å². The summed E-state index contributed by atoms with van der Waals surface area (Å²) in [6.45, 7) is 4.34. The van der Waals surface area contributed by atoms with Crippen molar-refractivity contribution in [1.82, 2.24) is 0 Å². The lowest BCUT2D eigenvalue weighted by Gasteiger charge is -2.24. The van der Waals surface area contributed by atoms with E-state index in [-0.39, 0.29) is 32.0 Å². The van der Waals surface area contributed by atoms with Crippen molar-refractivity contribution in [3.05, 3.63) is 12.2 Å². The molecule has 0 saturated heterocycles. The van der Waals surface area contributed by atoms with Gasteiger partial charge in [0, 0.05) is 12.8 Å². The van der Waals surface area contributed by atoms with Gasteiger partial charge in [-0.15, -0.1) is 0 Å². The first-order chi connectivity index (χ1) is 21.5. The van der Waals surface area contributed by atoms with E-state index >= 15 is 0 Å². The summed E-state index contributed by atoms with van der Waals surface area (Å²) in [6.07, 6.45) is 25.6. The van der Waals surface area contributed by atoms with Crippen LogP contribution in [0.25, 0.3) is 0 Å². The summed E-state index contributed by atoms with van der Waals surface area (Å²) in [5, 5.41) is 0. The van der Waals surface area contributed by atoms with Crippen LogP contribution < -0.4 is 0 Å². The van der Waals surface area contributed by atoms with Gasteiger partial charge >= 0.3 is 19.8 Å². The Balaban J connectivity index is 4.46. The number of phosphoric ester groups is 1. The van der Waals surface area contributed by atoms with E-state index in [1.165, 1.54) is 64.2 Å². The number of nitrogens with zero attached hydrogens (tertiary/aromatic N) is 1. The molecule has 0 fully saturated rings. The molecule has 45 heavy (non-hydrogen) atoms. The average Bonchev–Trinajstić information content (AvgIpc) is 2.97. The van der Waals surface area contributed by atoms with Gasteiger partial charge in [0.15, 0.2) is 6.10 Å². The Hall–Kier alpha value is -1.25. The van der Waals surface area contributed by atoms with Gasteiger partial charge in [-0.25, -0.2) is 4.57 Å². The van der Waals surface area contributed by atoms with Crippen LogP contribution in [0, 0.1) is 0 Å². The number of hydrogen-bond donors (Lipinski definition) is 1. The Labute approximate surface area is 276 Å². The highest BCUT2D eigenvalue weighted by Crippen LogP contribution is 2.43. The highest BCUT2D eigenvalue weighted by molar-refractivity contribution is 7.47. The van der Waals surface area contributed by atoms with Crippen LogP contribution in [0.5, 0.6) is 0 Å². The summed E-state index contributed by atoms with van der Waals surface area (Å²) >= 11 is 0. The lowest BCUT2D eigenvalue weighted by molar-refractivity contribution is -0.870. The van der Waals surface area contributed by atoms with Gasteiger partial charge < -0.3 is 18.9 Å². The molecule has 10 heteroatoms. The van der Waals surface area contributed by atoms with Crippen molar-refractivity contribution in [1.29, 1.82) is 0 Å². The van der Waals surface area contributed by atoms with Crippen molar-refractivity contribution in [2.75, 3.05) is 47.5 Å². The van der Waals surface area contributed by atoms with Crippen LogP contribution in [0.3, 0.4) is 0 Å². The van der Waals surface area contributed by atoms with Crippen molar-refractivity contribution >= 4 is 19.8 Å². The Bertz CT molecular complexity index is 799. The number of esters is 2.